The molecule has 2 rings (SSSR count). The number of aliphatic hydroxyl groups excluding tert-OH is 1. The number of para-hydroxylation sites is 1. The predicted octanol–water partition coefficient (Wildman–Crippen LogP) is 4.88. The van der Waals surface area contributed by atoms with Crippen molar-refractivity contribution in [2.45, 2.75) is 26.4 Å². The Morgan fingerprint density at radius 3 is 2.63 bits per heavy atom. The van der Waals surface area contributed by atoms with E-state index in [4.69, 9.17) is 16.3 Å². The van der Waals surface area contributed by atoms with Crippen LogP contribution in [0.2, 0.25) is 5.02 Å². The van der Waals surface area contributed by atoms with E-state index in [-0.39, 0.29) is 0 Å². The number of halogens is 1. The summed E-state index contributed by atoms with van der Waals surface area (Å²) in [7, 11) is 0. The standard InChI is InChI=1S/C16H17ClO2/c1-3-14(18)12-6-4-5-7-15(12)19-16-10-11(2)8-9-13(16)17/h4-10,14,18H,3H2,1-2H3/t14-/m0/s1. The highest BCUT2D eigenvalue weighted by Crippen LogP contribution is 2.34. The summed E-state index contributed by atoms with van der Waals surface area (Å²) in [6, 6.07) is 13.1. The normalized spacial score (nSPS) is 12.2. The Balaban J connectivity index is 2.35. The molecule has 0 amide bonds. The fraction of sp³-hybridized carbons (Fsp3) is 0.250. The van der Waals surface area contributed by atoms with Gasteiger partial charge in [0.1, 0.15) is 11.5 Å². The summed E-state index contributed by atoms with van der Waals surface area (Å²) < 4.78 is 5.85. The zero-order valence-electron chi connectivity index (χ0n) is 11.1. The highest BCUT2D eigenvalue weighted by atomic mass is 35.5. The van der Waals surface area contributed by atoms with Crippen LogP contribution in [0.15, 0.2) is 42.5 Å². The molecule has 1 atom stereocenters. The van der Waals surface area contributed by atoms with Crippen LogP contribution < -0.4 is 4.74 Å². The van der Waals surface area contributed by atoms with Gasteiger partial charge in [0.15, 0.2) is 0 Å². The molecule has 0 heterocycles. The molecule has 0 spiro atoms. The Kier molecular flexibility index (Phi) is 4.46. The molecular formula is C16H17ClO2. The van der Waals surface area contributed by atoms with Crippen LogP contribution >= 0.6 is 11.6 Å². The molecule has 19 heavy (non-hydrogen) atoms. The second-order valence-electron chi connectivity index (χ2n) is 4.50. The van der Waals surface area contributed by atoms with Gasteiger partial charge in [-0.3, -0.25) is 0 Å². The third-order valence-corrected chi connectivity index (χ3v) is 3.28. The van der Waals surface area contributed by atoms with Crippen LogP contribution in [0.1, 0.15) is 30.6 Å². The van der Waals surface area contributed by atoms with Crippen molar-refractivity contribution in [2.24, 2.45) is 0 Å². The van der Waals surface area contributed by atoms with Crippen LogP contribution in [0.3, 0.4) is 0 Å². The van der Waals surface area contributed by atoms with Crippen molar-refractivity contribution in [3.8, 4) is 11.5 Å². The lowest BCUT2D eigenvalue weighted by Crippen LogP contribution is -1.98. The minimum absolute atomic E-state index is 0.528. The maximum atomic E-state index is 10.00. The molecule has 2 aromatic rings. The average Bonchev–Trinajstić information content (AvgIpc) is 2.42. The fourth-order valence-corrected chi connectivity index (χ4v) is 2.03. The van der Waals surface area contributed by atoms with Gasteiger partial charge in [-0.1, -0.05) is 42.8 Å². The second-order valence-corrected chi connectivity index (χ2v) is 4.91. The van der Waals surface area contributed by atoms with Gasteiger partial charge < -0.3 is 9.84 Å². The Hall–Kier alpha value is -1.51. The minimum Gasteiger partial charge on any atom is -0.455 e. The van der Waals surface area contributed by atoms with Crippen LogP contribution in [0.5, 0.6) is 11.5 Å². The van der Waals surface area contributed by atoms with Crippen LogP contribution in [-0.4, -0.2) is 5.11 Å². The maximum Gasteiger partial charge on any atom is 0.146 e. The van der Waals surface area contributed by atoms with Gasteiger partial charge in [0.2, 0.25) is 0 Å². The van der Waals surface area contributed by atoms with Crippen LogP contribution in [-0.2, 0) is 0 Å². The first-order valence-electron chi connectivity index (χ1n) is 6.32. The molecule has 0 saturated carbocycles. The van der Waals surface area contributed by atoms with Gasteiger partial charge in [0, 0.05) is 5.56 Å². The number of benzene rings is 2. The van der Waals surface area contributed by atoms with Gasteiger partial charge >= 0.3 is 0 Å². The molecule has 0 aliphatic rings. The third kappa shape index (κ3) is 3.28. The number of hydrogen-bond acceptors (Lipinski definition) is 2. The van der Waals surface area contributed by atoms with Crippen molar-refractivity contribution in [1.82, 2.24) is 0 Å². The lowest BCUT2D eigenvalue weighted by molar-refractivity contribution is 0.170. The molecule has 0 aromatic heterocycles. The second kappa shape index (κ2) is 6.09. The van der Waals surface area contributed by atoms with Crippen molar-refractivity contribution < 1.29 is 9.84 Å². The fourth-order valence-electron chi connectivity index (χ4n) is 1.88. The molecular weight excluding hydrogens is 260 g/mol. The highest BCUT2D eigenvalue weighted by Gasteiger charge is 2.13. The van der Waals surface area contributed by atoms with Gasteiger partial charge in [-0.2, -0.15) is 0 Å². The van der Waals surface area contributed by atoms with E-state index in [0.29, 0.717) is 22.9 Å². The molecule has 2 nitrogen and oxygen atoms in total. The van der Waals surface area contributed by atoms with Crippen molar-refractivity contribution in [3.63, 3.8) is 0 Å². The topological polar surface area (TPSA) is 29.5 Å². The lowest BCUT2D eigenvalue weighted by Gasteiger charge is -2.15. The van der Waals surface area contributed by atoms with Crippen molar-refractivity contribution in [1.29, 1.82) is 0 Å². The Morgan fingerprint density at radius 1 is 1.16 bits per heavy atom. The van der Waals surface area contributed by atoms with E-state index in [9.17, 15) is 5.11 Å². The van der Waals surface area contributed by atoms with Gasteiger partial charge in [-0.25, -0.2) is 0 Å². The molecule has 0 fully saturated rings. The number of aliphatic hydroxyl groups is 1. The summed E-state index contributed by atoms with van der Waals surface area (Å²) in [5, 5.41) is 10.6. The molecule has 100 valence electrons. The molecule has 0 saturated heterocycles. The Morgan fingerprint density at radius 2 is 1.89 bits per heavy atom. The molecule has 0 aliphatic carbocycles. The third-order valence-electron chi connectivity index (χ3n) is 2.97. The number of ether oxygens (including phenoxy) is 1. The largest absolute Gasteiger partial charge is 0.455 e. The van der Waals surface area contributed by atoms with E-state index in [1.165, 1.54) is 0 Å². The Bertz CT molecular complexity index is 566. The zero-order valence-corrected chi connectivity index (χ0v) is 11.8. The first kappa shape index (κ1) is 13.9. The maximum absolute atomic E-state index is 10.00. The van der Waals surface area contributed by atoms with E-state index in [1.54, 1.807) is 0 Å². The van der Waals surface area contributed by atoms with Gasteiger partial charge in [0.25, 0.3) is 0 Å². The first-order valence-corrected chi connectivity index (χ1v) is 6.70. The van der Waals surface area contributed by atoms with Crippen LogP contribution in [0.4, 0.5) is 0 Å². The Labute approximate surface area is 118 Å². The monoisotopic (exact) mass is 276 g/mol. The molecule has 2 aromatic carbocycles. The zero-order chi connectivity index (χ0) is 13.8. The van der Waals surface area contributed by atoms with E-state index in [0.717, 1.165) is 11.1 Å². The molecule has 0 aliphatic heterocycles. The van der Waals surface area contributed by atoms with Crippen LogP contribution in [0, 0.1) is 6.92 Å². The van der Waals surface area contributed by atoms with E-state index in [2.05, 4.69) is 0 Å². The number of aryl methyl sites for hydroxylation is 1. The number of rotatable bonds is 4. The average molecular weight is 277 g/mol. The quantitative estimate of drug-likeness (QED) is 0.862. The molecule has 0 bridgehead atoms. The molecule has 0 unspecified atom stereocenters. The first-order chi connectivity index (χ1) is 9.11. The van der Waals surface area contributed by atoms with Crippen LogP contribution in [0.25, 0.3) is 0 Å². The summed E-state index contributed by atoms with van der Waals surface area (Å²) in [4.78, 5) is 0. The van der Waals surface area contributed by atoms with Gasteiger partial charge in [0.05, 0.1) is 11.1 Å². The minimum atomic E-state index is -0.528. The van der Waals surface area contributed by atoms with E-state index >= 15 is 0 Å². The molecule has 0 radical (unpaired) electrons. The SMILES string of the molecule is CC[C@H](O)c1ccccc1Oc1cc(C)ccc1Cl. The molecule has 3 heteroatoms. The lowest BCUT2D eigenvalue weighted by atomic mass is 10.1. The smallest absolute Gasteiger partial charge is 0.146 e. The highest BCUT2D eigenvalue weighted by molar-refractivity contribution is 6.32. The summed E-state index contributed by atoms with van der Waals surface area (Å²) in [6.07, 6.45) is 0.113. The summed E-state index contributed by atoms with van der Waals surface area (Å²) in [5.41, 5.74) is 1.86. The van der Waals surface area contributed by atoms with E-state index in [1.807, 2.05) is 56.3 Å². The van der Waals surface area contributed by atoms with Gasteiger partial charge in [-0.15, -0.1) is 0 Å². The summed E-state index contributed by atoms with van der Waals surface area (Å²) in [5.74, 6) is 1.25. The van der Waals surface area contributed by atoms with E-state index < -0.39 is 6.10 Å². The summed E-state index contributed by atoms with van der Waals surface area (Å²) >= 11 is 6.12. The van der Waals surface area contributed by atoms with Crippen molar-refractivity contribution in [3.05, 3.63) is 58.6 Å². The number of hydrogen-bond donors (Lipinski definition) is 1. The molecule has 1 N–H and O–H groups in total. The van der Waals surface area contributed by atoms with Crippen molar-refractivity contribution in [2.75, 3.05) is 0 Å². The predicted molar refractivity (Wildman–Crippen MR) is 78.0 cm³/mol. The summed E-state index contributed by atoms with van der Waals surface area (Å²) in [6.45, 7) is 3.91. The van der Waals surface area contributed by atoms with Crippen molar-refractivity contribution >= 4 is 11.6 Å². The van der Waals surface area contributed by atoms with Gasteiger partial charge in [-0.05, 0) is 37.1 Å².